The molecule has 0 bridgehead atoms. The van der Waals surface area contributed by atoms with Gasteiger partial charge >= 0.3 is 5.97 Å². The molecule has 6 heteroatoms. The number of benzene rings is 2. The summed E-state index contributed by atoms with van der Waals surface area (Å²) in [6.45, 7) is 4.17. The van der Waals surface area contributed by atoms with Crippen molar-refractivity contribution in [3.8, 4) is 0 Å². The van der Waals surface area contributed by atoms with Gasteiger partial charge in [-0.3, -0.25) is 9.59 Å². The first kappa shape index (κ1) is 19.0. The van der Waals surface area contributed by atoms with Crippen molar-refractivity contribution < 1.29 is 14.3 Å². The van der Waals surface area contributed by atoms with E-state index in [9.17, 15) is 9.59 Å². The second-order valence-electron chi connectivity index (χ2n) is 6.58. The highest BCUT2D eigenvalue weighted by atomic mass is 32.1. The van der Waals surface area contributed by atoms with Gasteiger partial charge in [0.25, 0.3) is 5.91 Å². The highest BCUT2D eigenvalue weighted by molar-refractivity contribution is 7.18. The summed E-state index contributed by atoms with van der Waals surface area (Å²) in [6.07, 6.45) is 0.163. The average Bonchev–Trinajstić information content (AvgIpc) is 3.05. The van der Waals surface area contributed by atoms with E-state index in [2.05, 4.69) is 4.98 Å². The SMILES string of the molecule is Cc1ccc(CC(=O)OCC(=O)N(C)Cc2nc3ccccc3s2)cc1C. The minimum Gasteiger partial charge on any atom is -0.455 e. The zero-order valence-electron chi connectivity index (χ0n) is 15.7. The fourth-order valence-electron chi connectivity index (χ4n) is 2.66. The molecule has 0 aliphatic rings. The monoisotopic (exact) mass is 382 g/mol. The summed E-state index contributed by atoms with van der Waals surface area (Å²) in [7, 11) is 1.69. The Kier molecular flexibility index (Phi) is 5.86. The molecular weight excluding hydrogens is 360 g/mol. The minimum atomic E-state index is -0.403. The number of carbonyl (C=O) groups is 2. The lowest BCUT2D eigenvalue weighted by atomic mass is 10.0. The number of rotatable bonds is 6. The Morgan fingerprint density at radius 2 is 1.89 bits per heavy atom. The van der Waals surface area contributed by atoms with Gasteiger partial charge < -0.3 is 9.64 Å². The molecule has 0 atom stereocenters. The summed E-state index contributed by atoms with van der Waals surface area (Å²) < 4.78 is 6.24. The van der Waals surface area contributed by atoms with Crippen LogP contribution in [-0.4, -0.2) is 35.4 Å². The van der Waals surface area contributed by atoms with Crippen molar-refractivity contribution in [2.75, 3.05) is 13.7 Å². The number of aromatic nitrogens is 1. The third kappa shape index (κ3) is 4.92. The molecular formula is C21H22N2O3S. The first-order chi connectivity index (χ1) is 12.9. The standard InChI is InChI=1S/C21H22N2O3S/c1-14-8-9-16(10-15(14)2)11-21(25)26-13-20(24)23(3)12-19-22-17-6-4-5-7-18(17)27-19/h4-10H,11-13H2,1-3H3. The van der Waals surface area contributed by atoms with Crippen molar-refractivity contribution >= 4 is 33.4 Å². The van der Waals surface area contributed by atoms with Crippen LogP contribution >= 0.6 is 11.3 Å². The number of hydrogen-bond donors (Lipinski definition) is 0. The fourth-order valence-corrected chi connectivity index (χ4v) is 3.68. The number of hydrogen-bond acceptors (Lipinski definition) is 5. The van der Waals surface area contributed by atoms with Crippen molar-refractivity contribution in [3.05, 3.63) is 64.2 Å². The van der Waals surface area contributed by atoms with Gasteiger partial charge in [-0.15, -0.1) is 11.3 Å². The van der Waals surface area contributed by atoms with Gasteiger partial charge in [0.05, 0.1) is 23.2 Å². The predicted molar refractivity (Wildman–Crippen MR) is 107 cm³/mol. The van der Waals surface area contributed by atoms with Crippen LogP contribution in [0.4, 0.5) is 0 Å². The smallest absolute Gasteiger partial charge is 0.310 e. The molecule has 3 aromatic rings. The molecule has 1 aromatic heterocycles. The second kappa shape index (κ2) is 8.31. The van der Waals surface area contributed by atoms with E-state index in [4.69, 9.17) is 4.74 Å². The zero-order valence-corrected chi connectivity index (χ0v) is 16.5. The number of fused-ring (bicyclic) bond motifs is 1. The Morgan fingerprint density at radius 3 is 2.63 bits per heavy atom. The fraction of sp³-hybridized carbons (Fsp3) is 0.286. The minimum absolute atomic E-state index is 0.163. The molecule has 0 aliphatic heterocycles. The number of para-hydroxylation sites is 1. The van der Waals surface area contributed by atoms with Crippen LogP contribution in [0.2, 0.25) is 0 Å². The maximum absolute atomic E-state index is 12.2. The van der Waals surface area contributed by atoms with Crippen molar-refractivity contribution in [1.29, 1.82) is 0 Å². The molecule has 1 amide bonds. The van der Waals surface area contributed by atoms with Gasteiger partial charge in [0.2, 0.25) is 0 Å². The van der Waals surface area contributed by atoms with Crippen LogP contribution in [0.15, 0.2) is 42.5 Å². The Bertz CT molecular complexity index is 947. The lowest BCUT2D eigenvalue weighted by Crippen LogP contribution is -2.31. The largest absolute Gasteiger partial charge is 0.455 e. The highest BCUT2D eigenvalue weighted by Gasteiger charge is 2.15. The predicted octanol–water partition coefficient (Wildman–Crippen LogP) is 3.66. The van der Waals surface area contributed by atoms with Gasteiger partial charge in [-0.25, -0.2) is 4.98 Å². The van der Waals surface area contributed by atoms with Crippen molar-refractivity contribution in [3.63, 3.8) is 0 Å². The molecule has 0 radical (unpaired) electrons. The maximum atomic E-state index is 12.2. The summed E-state index contributed by atoms with van der Waals surface area (Å²) in [5, 5.41) is 0.855. The Morgan fingerprint density at radius 1 is 1.11 bits per heavy atom. The molecule has 27 heavy (non-hydrogen) atoms. The highest BCUT2D eigenvalue weighted by Crippen LogP contribution is 2.22. The molecule has 0 saturated heterocycles. The molecule has 3 rings (SSSR count). The van der Waals surface area contributed by atoms with Gasteiger partial charge in [0, 0.05) is 7.05 Å². The van der Waals surface area contributed by atoms with E-state index >= 15 is 0 Å². The third-order valence-corrected chi connectivity index (χ3v) is 5.43. The molecule has 5 nitrogen and oxygen atoms in total. The Balaban J connectivity index is 1.50. The summed E-state index contributed by atoms with van der Waals surface area (Å²) >= 11 is 1.56. The van der Waals surface area contributed by atoms with E-state index in [1.807, 2.05) is 56.3 Å². The van der Waals surface area contributed by atoms with Crippen LogP contribution < -0.4 is 0 Å². The van der Waals surface area contributed by atoms with E-state index in [-0.39, 0.29) is 18.9 Å². The normalized spacial score (nSPS) is 10.8. The Labute approximate surface area is 162 Å². The lowest BCUT2D eigenvalue weighted by molar-refractivity contribution is -0.151. The van der Waals surface area contributed by atoms with Crippen LogP contribution in [0, 0.1) is 13.8 Å². The second-order valence-corrected chi connectivity index (χ2v) is 7.70. The first-order valence-electron chi connectivity index (χ1n) is 8.72. The molecule has 1 heterocycles. The van der Waals surface area contributed by atoms with Crippen molar-refractivity contribution in [2.45, 2.75) is 26.8 Å². The third-order valence-electron chi connectivity index (χ3n) is 4.41. The quantitative estimate of drug-likeness (QED) is 0.611. The average molecular weight is 382 g/mol. The maximum Gasteiger partial charge on any atom is 0.310 e. The molecule has 0 N–H and O–H groups in total. The number of thiazole rings is 1. The van der Waals surface area contributed by atoms with Crippen LogP contribution in [0.5, 0.6) is 0 Å². The lowest BCUT2D eigenvalue weighted by Gasteiger charge is -2.15. The van der Waals surface area contributed by atoms with Gasteiger partial charge in [-0.05, 0) is 42.7 Å². The first-order valence-corrected chi connectivity index (χ1v) is 9.54. The molecule has 0 aliphatic carbocycles. The topological polar surface area (TPSA) is 59.5 Å². The van der Waals surface area contributed by atoms with Gasteiger partial charge in [0.1, 0.15) is 5.01 Å². The van der Waals surface area contributed by atoms with Gasteiger partial charge in [-0.2, -0.15) is 0 Å². The number of likely N-dealkylation sites (N-methyl/N-ethyl adjacent to an activating group) is 1. The molecule has 0 unspecified atom stereocenters. The van der Waals surface area contributed by atoms with Crippen LogP contribution in [0.1, 0.15) is 21.7 Å². The number of carbonyl (C=O) groups excluding carboxylic acids is 2. The Hall–Kier alpha value is -2.73. The van der Waals surface area contributed by atoms with Crippen molar-refractivity contribution in [1.82, 2.24) is 9.88 Å². The molecule has 0 spiro atoms. The molecule has 0 saturated carbocycles. The van der Waals surface area contributed by atoms with E-state index in [1.165, 1.54) is 10.5 Å². The van der Waals surface area contributed by atoms with Gasteiger partial charge in [0.15, 0.2) is 6.61 Å². The molecule has 140 valence electrons. The number of aryl methyl sites for hydroxylation is 2. The number of amides is 1. The van der Waals surface area contributed by atoms with E-state index < -0.39 is 5.97 Å². The summed E-state index contributed by atoms with van der Waals surface area (Å²) in [5.41, 5.74) is 4.13. The molecule has 0 fully saturated rings. The van der Waals surface area contributed by atoms with Crippen LogP contribution in [0.3, 0.4) is 0 Å². The summed E-state index contributed by atoms with van der Waals surface area (Å²) in [6, 6.07) is 13.7. The van der Waals surface area contributed by atoms with E-state index in [0.717, 1.165) is 26.4 Å². The van der Waals surface area contributed by atoms with E-state index in [0.29, 0.717) is 6.54 Å². The van der Waals surface area contributed by atoms with Gasteiger partial charge in [-0.1, -0.05) is 30.3 Å². The van der Waals surface area contributed by atoms with Crippen LogP contribution in [-0.2, 0) is 27.3 Å². The number of esters is 1. The zero-order chi connectivity index (χ0) is 19.4. The summed E-state index contributed by atoms with van der Waals surface area (Å²) in [5.74, 6) is -0.650. The van der Waals surface area contributed by atoms with E-state index in [1.54, 1.807) is 18.4 Å². The van der Waals surface area contributed by atoms with Crippen molar-refractivity contribution in [2.24, 2.45) is 0 Å². The number of ether oxygens (including phenoxy) is 1. The molecule has 2 aromatic carbocycles. The summed E-state index contributed by atoms with van der Waals surface area (Å²) in [4.78, 5) is 30.3. The van der Waals surface area contributed by atoms with Crippen LogP contribution in [0.25, 0.3) is 10.2 Å². The number of nitrogens with zero attached hydrogens (tertiary/aromatic N) is 2.